The number of halogens is 1. The van der Waals surface area contributed by atoms with Crippen molar-refractivity contribution in [3.05, 3.63) is 39.9 Å². The molecule has 0 aliphatic rings. The summed E-state index contributed by atoms with van der Waals surface area (Å²) >= 11 is 0. The van der Waals surface area contributed by atoms with Crippen molar-refractivity contribution in [3.8, 4) is 0 Å². The van der Waals surface area contributed by atoms with Crippen LogP contribution in [-0.4, -0.2) is 37.0 Å². The van der Waals surface area contributed by atoms with E-state index in [-0.39, 0.29) is 29.6 Å². The van der Waals surface area contributed by atoms with Crippen LogP contribution >= 0.6 is 0 Å². The number of hydrogen-bond acceptors (Lipinski definition) is 3. The predicted octanol–water partition coefficient (Wildman–Crippen LogP) is -2.75. The summed E-state index contributed by atoms with van der Waals surface area (Å²) in [6.45, 7) is 7.50. The molecule has 7 heteroatoms. The van der Waals surface area contributed by atoms with Crippen LogP contribution < -0.4 is 22.6 Å². The molecule has 0 bridgehead atoms. The number of nitrogens with one attached hydrogen (secondary N) is 2. The van der Waals surface area contributed by atoms with E-state index in [2.05, 4.69) is 19.2 Å². The zero-order valence-corrected chi connectivity index (χ0v) is 12.4. The summed E-state index contributed by atoms with van der Waals surface area (Å²) in [5, 5.41) is 13.6. The molecular formula is C13H20ClN3O3. The van der Waals surface area contributed by atoms with Gasteiger partial charge in [-0.2, -0.15) is 0 Å². The number of rotatable bonds is 7. The number of para-hydroxylation sites is 1. The highest BCUT2D eigenvalue weighted by Gasteiger charge is 2.18. The van der Waals surface area contributed by atoms with E-state index in [0.29, 0.717) is 6.54 Å². The number of carbonyl (C=O) groups is 1. The molecule has 20 heavy (non-hydrogen) atoms. The van der Waals surface area contributed by atoms with Gasteiger partial charge in [-0.1, -0.05) is 12.1 Å². The van der Waals surface area contributed by atoms with E-state index in [1.165, 1.54) is 17.0 Å². The third kappa shape index (κ3) is 5.14. The molecule has 1 rings (SSSR count). The quantitative estimate of drug-likeness (QED) is 0.424. The van der Waals surface area contributed by atoms with Crippen molar-refractivity contribution >= 4 is 11.6 Å². The molecule has 6 nitrogen and oxygen atoms in total. The monoisotopic (exact) mass is 301 g/mol. The maximum atomic E-state index is 11.9. The second-order valence-corrected chi connectivity index (χ2v) is 4.24. The molecule has 0 atom stereocenters. The van der Waals surface area contributed by atoms with Gasteiger partial charge in [0.15, 0.2) is 0 Å². The van der Waals surface area contributed by atoms with Crippen molar-refractivity contribution in [2.75, 3.05) is 26.2 Å². The minimum Gasteiger partial charge on any atom is -1.00 e. The number of carbonyl (C=O) groups excluding carboxylic acids is 1. The molecule has 0 saturated carbocycles. The maximum Gasteiger partial charge on any atom is 0.282 e. The number of amides is 1. The van der Waals surface area contributed by atoms with Crippen molar-refractivity contribution in [1.29, 1.82) is 0 Å². The molecule has 0 saturated heterocycles. The van der Waals surface area contributed by atoms with Crippen LogP contribution in [0.3, 0.4) is 0 Å². The average molecular weight is 302 g/mol. The SMILES string of the molecule is CC[NH+](CC)CCNC(=O)c1ccccc1[N+](=O)[O-].[Cl-]. The summed E-state index contributed by atoms with van der Waals surface area (Å²) < 4.78 is 0. The van der Waals surface area contributed by atoms with Crippen LogP contribution in [0.1, 0.15) is 24.2 Å². The van der Waals surface area contributed by atoms with Crippen molar-refractivity contribution in [1.82, 2.24) is 5.32 Å². The van der Waals surface area contributed by atoms with Gasteiger partial charge in [0.2, 0.25) is 0 Å². The standard InChI is InChI=1S/C13H19N3O3.ClH/c1-3-15(4-2)10-9-14-13(17)11-7-5-6-8-12(11)16(18)19;/h5-8H,3-4,9-10H2,1-2H3,(H,14,17);1H. The van der Waals surface area contributed by atoms with E-state index in [1.54, 1.807) is 12.1 Å². The van der Waals surface area contributed by atoms with E-state index >= 15 is 0 Å². The Bertz CT molecular complexity index is 450. The van der Waals surface area contributed by atoms with Gasteiger partial charge in [-0.05, 0) is 19.9 Å². The molecule has 0 aliphatic carbocycles. The Morgan fingerprint density at radius 1 is 1.30 bits per heavy atom. The number of hydrogen-bond donors (Lipinski definition) is 2. The zero-order chi connectivity index (χ0) is 14.3. The minimum atomic E-state index is -0.537. The number of quaternary nitrogens is 1. The summed E-state index contributed by atoms with van der Waals surface area (Å²) in [5.74, 6) is -0.390. The highest BCUT2D eigenvalue weighted by Crippen LogP contribution is 2.16. The molecule has 0 aliphatic heterocycles. The molecule has 0 unspecified atom stereocenters. The van der Waals surface area contributed by atoms with Crippen LogP contribution in [0.15, 0.2) is 24.3 Å². The summed E-state index contributed by atoms with van der Waals surface area (Å²) in [6, 6.07) is 5.98. The highest BCUT2D eigenvalue weighted by molar-refractivity contribution is 5.98. The Labute approximate surface area is 124 Å². The molecule has 0 fully saturated rings. The van der Waals surface area contributed by atoms with Crippen LogP contribution in [0.4, 0.5) is 5.69 Å². The van der Waals surface area contributed by atoms with Gasteiger partial charge in [-0.15, -0.1) is 0 Å². The Morgan fingerprint density at radius 2 is 1.90 bits per heavy atom. The maximum absolute atomic E-state index is 11.9. The summed E-state index contributed by atoms with van der Waals surface area (Å²) in [4.78, 5) is 23.6. The molecule has 0 heterocycles. The zero-order valence-electron chi connectivity index (χ0n) is 11.7. The summed E-state index contributed by atoms with van der Waals surface area (Å²) in [7, 11) is 0. The number of nitro groups is 1. The van der Waals surface area contributed by atoms with Crippen LogP contribution in [0, 0.1) is 10.1 Å². The summed E-state index contributed by atoms with van der Waals surface area (Å²) in [5.41, 5.74) is -0.0442. The number of nitro benzene ring substituents is 1. The molecule has 1 amide bonds. The lowest BCUT2D eigenvalue weighted by Gasteiger charge is -2.15. The Kier molecular flexibility index (Phi) is 8.51. The highest BCUT2D eigenvalue weighted by atomic mass is 35.5. The van der Waals surface area contributed by atoms with Crippen LogP contribution in [0.5, 0.6) is 0 Å². The molecular weight excluding hydrogens is 282 g/mol. The van der Waals surface area contributed by atoms with Crippen molar-refractivity contribution in [3.63, 3.8) is 0 Å². The summed E-state index contributed by atoms with van der Waals surface area (Å²) in [6.07, 6.45) is 0. The topological polar surface area (TPSA) is 76.7 Å². The molecule has 2 N–H and O–H groups in total. The van der Waals surface area contributed by atoms with Gasteiger partial charge in [0.25, 0.3) is 11.6 Å². The first-order valence-electron chi connectivity index (χ1n) is 6.45. The van der Waals surface area contributed by atoms with E-state index < -0.39 is 4.92 Å². The third-order valence-corrected chi connectivity index (χ3v) is 3.11. The van der Waals surface area contributed by atoms with Crippen molar-refractivity contribution in [2.24, 2.45) is 0 Å². The first-order chi connectivity index (χ1) is 9.10. The normalized spacial score (nSPS) is 9.95. The minimum absolute atomic E-state index is 0. The lowest BCUT2D eigenvalue weighted by atomic mass is 10.1. The number of nitrogens with zero attached hydrogens (tertiary/aromatic N) is 1. The fraction of sp³-hybridized carbons (Fsp3) is 0.462. The lowest BCUT2D eigenvalue weighted by molar-refractivity contribution is -0.895. The van der Waals surface area contributed by atoms with E-state index in [4.69, 9.17) is 0 Å². The molecule has 1 aromatic rings. The first kappa shape index (κ1) is 18.3. The second-order valence-electron chi connectivity index (χ2n) is 4.24. The van der Waals surface area contributed by atoms with Crippen molar-refractivity contribution in [2.45, 2.75) is 13.8 Å². The second kappa shape index (κ2) is 9.28. The smallest absolute Gasteiger partial charge is 0.282 e. The largest absolute Gasteiger partial charge is 1.00 e. The van der Waals surface area contributed by atoms with Gasteiger partial charge in [0, 0.05) is 6.07 Å². The third-order valence-electron chi connectivity index (χ3n) is 3.11. The van der Waals surface area contributed by atoms with Crippen LogP contribution in [-0.2, 0) is 0 Å². The van der Waals surface area contributed by atoms with Gasteiger partial charge >= 0.3 is 0 Å². The predicted molar refractivity (Wildman–Crippen MR) is 72.3 cm³/mol. The average Bonchev–Trinajstić information content (AvgIpc) is 2.43. The number of likely N-dealkylation sites (N-methyl/N-ethyl adjacent to an activating group) is 1. The Balaban J connectivity index is 0.00000361. The van der Waals surface area contributed by atoms with E-state index in [9.17, 15) is 14.9 Å². The van der Waals surface area contributed by atoms with Gasteiger partial charge in [0.05, 0.1) is 31.1 Å². The Morgan fingerprint density at radius 3 is 2.45 bits per heavy atom. The number of benzene rings is 1. The van der Waals surface area contributed by atoms with Gasteiger partial charge < -0.3 is 22.6 Å². The van der Waals surface area contributed by atoms with Crippen LogP contribution in [0.2, 0.25) is 0 Å². The van der Waals surface area contributed by atoms with E-state index in [0.717, 1.165) is 19.6 Å². The molecule has 1 aromatic carbocycles. The fourth-order valence-corrected chi connectivity index (χ4v) is 1.88. The Hall–Kier alpha value is -1.66. The fourth-order valence-electron chi connectivity index (χ4n) is 1.88. The molecule has 0 spiro atoms. The molecule has 0 radical (unpaired) electrons. The van der Waals surface area contributed by atoms with E-state index in [1.807, 2.05) is 0 Å². The van der Waals surface area contributed by atoms with Gasteiger partial charge in [0.1, 0.15) is 5.56 Å². The first-order valence-corrected chi connectivity index (χ1v) is 6.45. The molecule has 112 valence electrons. The van der Waals surface area contributed by atoms with Gasteiger partial charge in [-0.25, -0.2) is 0 Å². The molecule has 0 aromatic heterocycles. The lowest BCUT2D eigenvalue weighted by Crippen LogP contribution is -3.12. The van der Waals surface area contributed by atoms with Crippen molar-refractivity contribution < 1.29 is 27.0 Å². The van der Waals surface area contributed by atoms with Gasteiger partial charge in [-0.3, -0.25) is 14.9 Å². The van der Waals surface area contributed by atoms with Crippen LogP contribution in [0.25, 0.3) is 0 Å².